The molecule has 2 rings (SSSR count). The number of nitrogens with zero attached hydrogens (tertiary/aromatic N) is 1. The van der Waals surface area contributed by atoms with Crippen LogP contribution < -0.4 is 10.6 Å². The van der Waals surface area contributed by atoms with Crippen molar-refractivity contribution in [2.24, 2.45) is 11.8 Å². The summed E-state index contributed by atoms with van der Waals surface area (Å²) in [5.74, 6) is 0.406. The third-order valence-corrected chi connectivity index (χ3v) is 4.80. The van der Waals surface area contributed by atoms with Crippen molar-refractivity contribution in [2.45, 2.75) is 32.6 Å². The molecule has 126 valence electrons. The third-order valence-electron chi connectivity index (χ3n) is 4.80. The van der Waals surface area contributed by atoms with Crippen LogP contribution in [0.4, 0.5) is 0 Å². The lowest BCUT2D eigenvalue weighted by Gasteiger charge is -2.26. The summed E-state index contributed by atoms with van der Waals surface area (Å²) >= 11 is 0. The van der Waals surface area contributed by atoms with E-state index in [0.717, 1.165) is 45.7 Å². The van der Waals surface area contributed by atoms with Gasteiger partial charge in [-0.3, -0.25) is 14.5 Å². The average Bonchev–Trinajstić information content (AvgIpc) is 3.07. The minimum absolute atomic E-state index is 0.00947. The molecule has 2 fully saturated rings. The van der Waals surface area contributed by atoms with E-state index < -0.39 is 0 Å². The Kier molecular flexibility index (Phi) is 7.12. The molecule has 2 amide bonds. The molecule has 1 atom stereocenters. The molecule has 0 aromatic heterocycles. The zero-order chi connectivity index (χ0) is 15.8. The molecule has 1 aliphatic carbocycles. The van der Waals surface area contributed by atoms with E-state index in [1.807, 2.05) is 6.92 Å². The number of morpholine rings is 1. The minimum Gasteiger partial charge on any atom is -0.379 e. The van der Waals surface area contributed by atoms with Crippen LogP contribution >= 0.6 is 0 Å². The summed E-state index contributed by atoms with van der Waals surface area (Å²) in [6, 6.07) is 0. The van der Waals surface area contributed by atoms with E-state index in [4.69, 9.17) is 4.74 Å². The maximum Gasteiger partial charge on any atom is 0.239 e. The Hall–Kier alpha value is -1.14. The lowest BCUT2D eigenvalue weighted by Crippen LogP contribution is -2.44. The van der Waals surface area contributed by atoms with Crippen LogP contribution in [0.2, 0.25) is 0 Å². The lowest BCUT2D eigenvalue weighted by molar-refractivity contribution is -0.129. The number of amides is 2. The van der Waals surface area contributed by atoms with E-state index in [0.29, 0.717) is 12.5 Å². The Labute approximate surface area is 132 Å². The number of nitrogens with one attached hydrogen (secondary N) is 2. The van der Waals surface area contributed by atoms with Gasteiger partial charge in [-0.1, -0.05) is 19.8 Å². The Morgan fingerprint density at radius 1 is 1.18 bits per heavy atom. The maximum atomic E-state index is 12.0. The number of hydrogen-bond donors (Lipinski definition) is 2. The standard InChI is InChI=1S/C16H29N3O3/c1-13(14-4-2-3-5-14)16(21)18-12-15(20)17-6-7-19-8-10-22-11-9-19/h13-14H,2-12H2,1H3,(H,17,20)(H,18,21). The Bertz CT molecular complexity index is 364. The summed E-state index contributed by atoms with van der Waals surface area (Å²) in [6.45, 7) is 6.89. The molecule has 1 aliphatic heterocycles. The van der Waals surface area contributed by atoms with Gasteiger partial charge >= 0.3 is 0 Å². The summed E-state index contributed by atoms with van der Waals surface area (Å²) in [5, 5.41) is 5.62. The van der Waals surface area contributed by atoms with Crippen LogP contribution in [0.3, 0.4) is 0 Å². The molecule has 1 saturated carbocycles. The maximum absolute atomic E-state index is 12.0. The van der Waals surface area contributed by atoms with Gasteiger partial charge in [0.2, 0.25) is 11.8 Å². The summed E-state index contributed by atoms with van der Waals surface area (Å²) in [5.41, 5.74) is 0. The van der Waals surface area contributed by atoms with Crippen LogP contribution in [0.15, 0.2) is 0 Å². The molecule has 0 aromatic carbocycles. The zero-order valence-electron chi connectivity index (χ0n) is 13.6. The SMILES string of the molecule is CC(C(=O)NCC(=O)NCCN1CCOCC1)C1CCCC1. The fourth-order valence-corrected chi connectivity index (χ4v) is 3.24. The van der Waals surface area contributed by atoms with E-state index >= 15 is 0 Å². The van der Waals surface area contributed by atoms with Gasteiger partial charge in [0.05, 0.1) is 19.8 Å². The van der Waals surface area contributed by atoms with Crippen LogP contribution in [-0.2, 0) is 14.3 Å². The number of carbonyl (C=O) groups is 2. The lowest BCUT2D eigenvalue weighted by atomic mass is 9.92. The molecule has 1 saturated heterocycles. The highest BCUT2D eigenvalue weighted by Crippen LogP contribution is 2.31. The second-order valence-corrected chi connectivity index (χ2v) is 6.35. The van der Waals surface area contributed by atoms with E-state index in [-0.39, 0.29) is 24.3 Å². The number of ether oxygens (including phenoxy) is 1. The molecule has 0 spiro atoms. The first-order valence-electron chi connectivity index (χ1n) is 8.51. The molecule has 0 aromatic rings. The normalized spacial score (nSPS) is 21.5. The summed E-state index contributed by atoms with van der Waals surface area (Å²) in [7, 11) is 0. The van der Waals surface area contributed by atoms with Crippen molar-refractivity contribution in [3.63, 3.8) is 0 Å². The number of rotatable bonds is 7. The Morgan fingerprint density at radius 3 is 2.55 bits per heavy atom. The van der Waals surface area contributed by atoms with Crippen LogP contribution in [0, 0.1) is 11.8 Å². The van der Waals surface area contributed by atoms with Gasteiger partial charge in [-0.15, -0.1) is 0 Å². The highest BCUT2D eigenvalue weighted by atomic mass is 16.5. The summed E-state index contributed by atoms with van der Waals surface area (Å²) in [6.07, 6.45) is 4.73. The molecule has 6 heteroatoms. The van der Waals surface area contributed by atoms with E-state index in [9.17, 15) is 9.59 Å². The summed E-state index contributed by atoms with van der Waals surface area (Å²) in [4.78, 5) is 26.1. The first kappa shape index (κ1) is 17.2. The predicted molar refractivity (Wildman–Crippen MR) is 84.4 cm³/mol. The molecule has 0 bridgehead atoms. The molecule has 2 aliphatic rings. The fourth-order valence-electron chi connectivity index (χ4n) is 3.24. The minimum atomic E-state index is -0.111. The van der Waals surface area contributed by atoms with Gasteiger partial charge in [-0.25, -0.2) is 0 Å². The highest BCUT2D eigenvalue weighted by molar-refractivity contribution is 5.85. The van der Waals surface area contributed by atoms with Gasteiger partial charge in [0.25, 0.3) is 0 Å². The topological polar surface area (TPSA) is 70.7 Å². The van der Waals surface area contributed by atoms with Crippen molar-refractivity contribution in [3.8, 4) is 0 Å². The molecule has 1 heterocycles. The van der Waals surface area contributed by atoms with Crippen LogP contribution in [-0.4, -0.2) is 62.7 Å². The molecule has 2 N–H and O–H groups in total. The monoisotopic (exact) mass is 311 g/mol. The van der Waals surface area contributed by atoms with Gasteiger partial charge in [-0.2, -0.15) is 0 Å². The molecular formula is C16H29N3O3. The Balaban J connectivity index is 1.55. The molecular weight excluding hydrogens is 282 g/mol. The number of carbonyl (C=O) groups excluding carboxylic acids is 2. The fraction of sp³-hybridized carbons (Fsp3) is 0.875. The van der Waals surface area contributed by atoms with Crippen molar-refractivity contribution in [3.05, 3.63) is 0 Å². The largest absolute Gasteiger partial charge is 0.379 e. The van der Waals surface area contributed by atoms with Crippen LogP contribution in [0.1, 0.15) is 32.6 Å². The van der Waals surface area contributed by atoms with E-state index in [2.05, 4.69) is 15.5 Å². The van der Waals surface area contributed by atoms with Crippen molar-refractivity contribution < 1.29 is 14.3 Å². The quantitative estimate of drug-likeness (QED) is 0.713. The first-order valence-corrected chi connectivity index (χ1v) is 8.51. The van der Waals surface area contributed by atoms with Gasteiger partial charge in [0.15, 0.2) is 0 Å². The van der Waals surface area contributed by atoms with E-state index in [1.54, 1.807) is 0 Å². The van der Waals surface area contributed by atoms with Gasteiger partial charge in [-0.05, 0) is 18.8 Å². The smallest absolute Gasteiger partial charge is 0.239 e. The van der Waals surface area contributed by atoms with Gasteiger partial charge < -0.3 is 15.4 Å². The first-order chi connectivity index (χ1) is 10.7. The molecule has 22 heavy (non-hydrogen) atoms. The van der Waals surface area contributed by atoms with Crippen molar-refractivity contribution in [2.75, 3.05) is 45.9 Å². The predicted octanol–water partition coefficient (Wildman–Crippen LogP) is 0.377. The third kappa shape index (κ3) is 5.57. The van der Waals surface area contributed by atoms with E-state index in [1.165, 1.54) is 12.8 Å². The highest BCUT2D eigenvalue weighted by Gasteiger charge is 2.26. The zero-order valence-corrected chi connectivity index (χ0v) is 13.6. The van der Waals surface area contributed by atoms with Crippen molar-refractivity contribution in [1.82, 2.24) is 15.5 Å². The van der Waals surface area contributed by atoms with Crippen LogP contribution in [0.5, 0.6) is 0 Å². The Morgan fingerprint density at radius 2 is 1.86 bits per heavy atom. The van der Waals surface area contributed by atoms with Crippen molar-refractivity contribution >= 4 is 11.8 Å². The van der Waals surface area contributed by atoms with Crippen molar-refractivity contribution in [1.29, 1.82) is 0 Å². The second kappa shape index (κ2) is 9.10. The van der Waals surface area contributed by atoms with Gasteiger partial charge in [0.1, 0.15) is 0 Å². The second-order valence-electron chi connectivity index (χ2n) is 6.35. The summed E-state index contributed by atoms with van der Waals surface area (Å²) < 4.78 is 5.28. The molecule has 0 radical (unpaired) electrons. The molecule has 6 nitrogen and oxygen atoms in total. The van der Waals surface area contributed by atoms with Crippen LogP contribution in [0.25, 0.3) is 0 Å². The van der Waals surface area contributed by atoms with Gasteiger partial charge in [0, 0.05) is 32.1 Å². The average molecular weight is 311 g/mol. The number of hydrogen-bond acceptors (Lipinski definition) is 4. The molecule has 1 unspecified atom stereocenters.